The molecule has 7 heteroatoms. The average molecular weight is 300 g/mol. The highest BCUT2D eigenvalue weighted by Crippen LogP contribution is 2.23. The number of hydrogen-bond donors (Lipinski definition) is 0. The molecule has 0 spiro atoms. The third-order valence-electron chi connectivity index (χ3n) is 3.20. The van der Waals surface area contributed by atoms with Gasteiger partial charge in [0.05, 0.1) is 24.4 Å². The smallest absolute Gasteiger partial charge is 0.338 e. The van der Waals surface area contributed by atoms with Crippen LogP contribution in [0.4, 0.5) is 13.2 Å². The highest BCUT2D eigenvalue weighted by atomic mass is 19.3. The third kappa shape index (κ3) is 3.34. The van der Waals surface area contributed by atoms with Gasteiger partial charge in [0, 0.05) is 18.4 Å². The summed E-state index contributed by atoms with van der Waals surface area (Å²) in [6.07, 6.45) is 1.05. The molecule has 114 valence electrons. The van der Waals surface area contributed by atoms with Crippen LogP contribution < -0.4 is 0 Å². The number of esters is 1. The standard InChI is InChI=1S/C14H15F3N2O2/c1-21-13(20)10-4-2-5-12-11(10)8-18-19(12)7-3-6-14(16,17)9-15/h2,4-5,8H,3,6-7,9H2,1H3. The van der Waals surface area contributed by atoms with E-state index in [0.29, 0.717) is 16.5 Å². The van der Waals surface area contributed by atoms with Crippen molar-refractivity contribution in [3.63, 3.8) is 0 Å². The summed E-state index contributed by atoms with van der Waals surface area (Å²) in [5.41, 5.74) is 1.02. The van der Waals surface area contributed by atoms with Gasteiger partial charge in [-0.1, -0.05) is 6.07 Å². The molecule has 0 aliphatic carbocycles. The van der Waals surface area contributed by atoms with Gasteiger partial charge in [-0.25, -0.2) is 18.0 Å². The quantitative estimate of drug-likeness (QED) is 0.769. The minimum atomic E-state index is -3.29. The lowest BCUT2D eigenvalue weighted by Crippen LogP contribution is -2.19. The second kappa shape index (κ2) is 6.15. The summed E-state index contributed by atoms with van der Waals surface area (Å²) in [6.45, 7) is -1.43. The first-order valence-electron chi connectivity index (χ1n) is 6.45. The maximum absolute atomic E-state index is 12.8. The van der Waals surface area contributed by atoms with Gasteiger partial charge in [0.1, 0.15) is 0 Å². The SMILES string of the molecule is COC(=O)c1cccc2c1cnn2CCCC(F)(F)CF. The van der Waals surface area contributed by atoms with Gasteiger partial charge in [-0.2, -0.15) is 5.10 Å². The molecule has 2 rings (SSSR count). The Morgan fingerprint density at radius 1 is 1.43 bits per heavy atom. The summed E-state index contributed by atoms with van der Waals surface area (Å²) >= 11 is 0. The zero-order valence-corrected chi connectivity index (χ0v) is 11.5. The predicted octanol–water partition coefficient (Wildman–Crippen LogP) is 3.21. The number of alkyl halides is 3. The van der Waals surface area contributed by atoms with Gasteiger partial charge in [-0.05, 0) is 18.6 Å². The van der Waals surface area contributed by atoms with Gasteiger partial charge in [0.2, 0.25) is 0 Å². The van der Waals surface area contributed by atoms with E-state index in [0.717, 1.165) is 0 Å². The van der Waals surface area contributed by atoms with E-state index in [1.165, 1.54) is 18.0 Å². The molecule has 0 saturated heterocycles. The molecule has 0 unspecified atom stereocenters. The first-order valence-corrected chi connectivity index (χ1v) is 6.45. The molecule has 0 fully saturated rings. The molecule has 0 saturated carbocycles. The summed E-state index contributed by atoms with van der Waals surface area (Å²) < 4.78 is 43.9. The first-order chi connectivity index (χ1) is 9.98. The second-order valence-corrected chi connectivity index (χ2v) is 4.69. The van der Waals surface area contributed by atoms with Gasteiger partial charge in [-0.15, -0.1) is 0 Å². The van der Waals surface area contributed by atoms with Crippen LogP contribution in [0, 0.1) is 0 Å². The lowest BCUT2D eigenvalue weighted by Gasteiger charge is -2.11. The van der Waals surface area contributed by atoms with Gasteiger partial charge in [0.25, 0.3) is 5.92 Å². The van der Waals surface area contributed by atoms with Gasteiger partial charge >= 0.3 is 5.97 Å². The molecule has 0 radical (unpaired) electrons. The van der Waals surface area contributed by atoms with Crippen LogP contribution in [0.1, 0.15) is 23.2 Å². The lowest BCUT2D eigenvalue weighted by molar-refractivity contribution is -0.0324. The number of hydrogen-bond acceptors (Lipinski definition) is 3. The third-order valence-corrected chi connectivity index (χ3v) is 3.20. The van der Waals surface area contributed by atoms with E-state index in [-0.39, 0.29) is 13.0 Å². The molecule has 0 atom stereocenters. The fourth-order valence-corrected chi connectivity index (χ4v) is 2.12. The topological polar surface area (TPSA) is 44.1 Å². The Kier molecular flexibility index (Phi) is 4.50. The van der Waals surface area contributed by atoms with Crippen molar-refractivity contribution in [3.05, 3.63) is 30.0 Å². The van der Waals surface area contributed by atoms with Crippen LogP contribution in [0.25, 0.3) is 10.9 Å². The number of rotatable bonds is 6. The average Bonchev–Trinajstić information content (AvgIpc) is 2.89. The summed E-state index contributed by atoms with van der Waals surface area (Å²) in [5.74, 6) is -3.77. The largest absolute Gasteiger partial charge is 0.465 e. The molecule has 0 bridgehead atoms. The molecule has 0 N–H and O–H groups in total. The zero-order chi connectivity index (χ0) is 15.5. The van der Waals surface area contributed by atoms with Crippen LogP contribution in [-0.2, 0) is 11.3 Å². The van der Waals surface area contributed by atoms with Gasteiger partial charge in [0.15, 0.2) is 6.67 Å². The molecular weight excluding hydrogens is 285 g/mol. The van der Waals surface area contributed by atoms with Crippen molar-refractivity contribution in [3.8, 4) is 0 Å². The number of ether oxygens (including phenoxy) is 1. The number of aromatic nitrogens is 2. The molecular formula is C14H15F3N2O2. The number of halogens is 3. The van der Waals surface area contributed by atoms with Crippen molar-refractivity contribution in [2.75, 3.05) is 13.8 Å². The molecule has 1 aromatic heterocycles. The first kappa shape index (κ1) is 15.3. The normalized spacial score (nSPS) is 11.8. The van der Waals surface area contributed by atoms with Crippen molar-refractivity contribution in [2.45, 2.75) is 25.3 Å². The molecule has 4 nitrogen and oxygen atoms in total. The molecule has 2 aromatic rings. The maximum atomic E-state index is 12.8. The van der Waals surface area contributed by atoms with Crippen molar-refractivity contribution in [2.24, 2.45) is 0 Å². The second-order valence-electron chi connectivity index (χ2n) is 4.69. The number of carbonyl (C=O) groups excluding carboxylic acids is 1. The molecule has 1 heterocycles. The lowest BCUT2D eigenvalue weighted by atomic mass is 10.1. The van der Waals surface area contributed by atoms with E-state index in [1.54, 1.807) is 18.2 Å². The minimum absolute atomic E-state index is 0.0934. The number of benzene rings is 1. The molecule has 1 aromatic carbocycles. The van der Waals surface area contributed by atoms with Gasteiger partial charge in [-0.3, -0.25) is 4.68 Å². The van der Waals surface area contributed by atoms with Crippen LogP contribution in [0.3, 0.4) is 0 Å². The Labute approximate surface area is 119 Å². The molecule has 0 aliphatic rings. The van der Waals surface area contributed by atoms with E-state index < -0.39 is 25.0 Å². The van der Waals surface area contributed by atoms with E-state index in [9.17, 15) is 18.0 Å². The highest BCUT2D eigenvalue weighted by Gasteiger charge is 2.28. The summed E-state index contributed by atoms with van der Waals surface area (Å²) in [4.78, 5) is 11.6. The minimum Gasteiger partial charge on any atom is -0.465 e. The Morgan fingerprint density at radius 3 is 2.86 bits per heavy atom. The number of carbonyl (C=O) groups is 1. The molecule has 21 heavy (non-hydrogen) atoms. The fraction of sp³-hybridized carbons (Fsp3) is 0.429. The summed E-state index contributed by atoms with van der Waals surface area (Å²) in [5, 5.41) is 4.69. The number of nitrogens with zero attached hydrogens (tertiary/aromatic N) is 2. The highest BCUT2D eigenvalue weighted by molar-refractivity contribution is 6.03. The summed E-state index contributed by atoms with van der Waals surface area (Å²) in [6, 6.07) is 5.02. The predicted molar refractivity (Wildman–Crippen MR) is 71.2 cm³/mol. The number of fused-ring (bicyclic) bond motifs is 1. The molecule has 0 aliphatic heterocycles. The van der Waals surface area contributed by atoms with Crippen LogP contribution >= 0.6 is 0 Å². The van der Waals surface area contributed by atoms with E-state index >= 15 is 0 Å². The summed E-state index contributed by atoms with van der Waals surface area (Å²) in [7, 11) is 1.28. The van der Waals surface area contributed by atoms with E-state index in [2.05, 4.69) is 9.84 Å². The van der Waals surface area contributed by atoms with Crippen LogP contribution in [0.2, 0.25) is 0 Å². The molecule has 0 amide bonds. The Balaban J connectivity index is 2.17. The van der Waals surface area contributed by atoms with Crippen LogP contribution in [0.15, 0.2) is 24.4 Å². The fourth-order valence-electron chi connectivity index (χ4n) is 2.12. The zero-order valence-electron chi connectivity index (χ0n) is 11.5. The van der Waals surface area contributed by atoms with Crippen molar-refractivity contribution >= 4 is 16.9 Å². The van der Waals surface area contributed by atoms with E-state index in [4.69, 9.17) is 0 Å². The van der Waals surface area contributed by atoms with Crippen LogP contribution in [-0.4, -0.2) is 35.5 Å². The van der Waals surface area contributed by atoms with Crippen molar-refractivity contribution < 1.29 is 22.7 Å². The Bertz CT molecular complexity index is 640. The monoisotopic (exact) mass is 300 g/mol. The van der Waals surface area contributed by atoms with E-state index in [1.807, 2.05) is 0 Å². The van der Waals surface area contributed by atoms with Crippen molar-refractivity contribution in [1.29, 1.82) is 0 Å². The Morgan fingerprint density at radius 2 is 2.19 bits per heavy atom. The maximum Gasteiger partial charge on any atom is 0.338 e. The Hall–Kier alpha value is -2.05. The number of aryl methyl sites for hydroxylation is 1. The van der Waals surface area contributed by atoms with Crippen LogP contribution in [0.5, 0.6) is 0 Å². The van der Waals surface area contributed by atoms with Gasteiger partial charge < -0.3 is 4.74 Å². The number of methoxy groups -OCH3 is 1. The van der Waals surface area contributed by atoms with Crippen molar-refractivity contribution in [1.82, 2.24) is 9.78 Å².